The van der Waals surface area contributed by atoms with Gasteiger partial charge >= 0.3 is 6.18 Å². The molecule has 4 rings (SSSR count). The number of aromatic nitrogens is 4. The van der Waals surface area contributed by atoms with Crippen LogP contribution in [-0.2, 0) is 23.9 Å². The van der Waals surface area contributed by atoms with Gasteiger partial charge in [-0.3, -0.25) is 14.3 Å². The van der Waals surface area contributed by atoms with E-state index in [4.69, 9.17) is 4.74 Å². The summed E-state index contributed by atoms with van der Waals surface area (Å²) in [6.45, 7) is 6.87. The van der Waals surface area contributed by atoms with Crippen molar-refractivity contribution in [2.75, 3.05) is 31.2 Å². The summed E-state index contributed by atoms with van der Waals surface area (Å²) in [6, 6.07) is 1.90. The number of aryl methyl sites for hydroxylation is 1. The lowest BCUT2D eigenvalue weighted by atomic mass is 9.87. The van der Waals surface area contributed by atoms with E-state index in [0.29, 0.717) is 12.6 Å². The number of hydrogen-bond donors (Lipinski definition) is 1. The maximum absolute atomic E-state index is 13.1. The van der Waals surface area contributed by atoms with E-state index in [1.807, 2.05) is 13.8 Å². The van der Waals surface area contributed by atoms with E-state index in [-0.39, 0.29) is 41.8 Å². The molecule has 1 amide bonds. The standard InChI is InChI=1S/C21H27F3N6O2/c1-14(2)26-18(31)17-27-28-19(29-9-5-20(12-29)6-10-32-13-20)30(17)8-4-16-11-15(3-7-25-16)21(22,23)24/h3,7,11,14H,4-6,8-10,12-13H2,1-2H3,(H,26,31). The molecular formula is C21H27F3N6O2. The number of pyridine rings is 1. The van der Waals surface area contributed by atoms with E-state index in [0.717, 1.165) is 50.9 Å². The molecule has 0 radical (unpaired) electrons. The van der Waals surface area contributed by atoms with Gasteiger partial charge in [0.25, 0.3) is 5.91 Å². The minimum absolute atomic E-state index is 0.0831. The molecule has 32 heavy (non-hydrogen) atoms. The van der Waals surface area contributed by atoms with Crippen LogP contribution in [0.25, 0.3) is 0 Å². The molecule has 0 bridgehead atoms. The van der Waals surface area contributed by atoms with Crippen molar-refractivity contribution >= 4 is 11.9 Å². The maximum Gasteiger partial charge on any atom is 0.416 e. The Hall–Kier alpha value is -2.69. The lowest BCUT2D eigenvalue weighted by molar-refractivity contribution is -0.137. The summed E-state index contributed by atoms with van der Waals surface area (Å²) in [6.07, 6.45) is -1.13. The summed E-state index contributed by atoms with van der Waals surface area (Å²) >= 11 is 0. The van der Waals surface area contributed by atoms with Crippen LogP contribution >= 0.6 is 0 Å². The number of nitrogens with one attached hydrogen (secondary N) is 1. The van der Waals surface area contributed by atoms with Crippen molar-refractivity contribution in [2.24, 2.45) is 5.41 Å². The van der Waals surface area contributed by atoms with Gasteiger partial charge in [-0.25, -0.2) is 0 Å². The molecule has 11 heteroatoms. The van der Waals surface area contributed by atoms with E-state index < -0.39 is 11.7 Å². The highest BCUT2D eigenvalue weighted by Gasteiger charge is 2.43. The van der Waals surface area contributed by atoms with Crippen molar-refractivity contribution < 1.29 is 22.7 Å². The molecule has 1 spiro atoms. The Morgan fingerprint density at radius 2 is 2.12 bits per heavy atom. The van der Waals surface area contributed by atoms with Gasteiger partial charge in [0.15, 0.2) is 0 Å². The summed E-state index contributed by atoms with van der Waals surface area (Å²) < 4.78 is 46.5. The van der Waals surface area contributed by atoms with Crippen LogP contribution in [0.15, 0.2) is 18.3 Å². The molecule has 4 heterocycles. The number of amides is 1. The highest BCUT2D eigenvalue weighted by atomic mass is 19.4. The molecule has 0 aromatic carbocycles. The summed E-state index contributed by atoms with van der Waals surface area (Å²) in [5, 5.41) is 11.2. The minimum atomic E-state index is -4.44. The van der Waals surface area contributed by atoms with E-state index >= 15 is 0 Å². The van der Waals surface area contributed by atoms with Crippen LogP contribution in [-0.4, -0.2) is 58.0 Å². The number of nitrogens with zero attached hydrogens (tertiary/aromatic N) is 5. The Bertz CT molecular complexity index is 969. The van der Waals surface area contributed by atoms with Crippen molar-refractivity contribution in [3.8, 4) is 0 Å². The second-order valence-corrected chi connectivity index (χ2v) is 8.86. The Kier molecular flexibility index (Phi) is 6.11. The number of carbonyl (C=O) groups excluding carboxylic acids is 1. The molecule has 2 aromatic heterocycles. The van der Waals surface area contributed by atoms with Gasteiger partial charge in [-0.2, -0.15) is 13.2 Å². The van der Waals surface area contributed by atoms with Gasteiger partial charge in [-0.05, 0) is 38.8 Å². The topological polar surface area (TPSA) is 85.2 Å². The fraction of sp³-hybridized carbons (Fsp3) is 0.619. The van der Waals surface area contributed by atoms with Crippen LogP contribution in [0.3, 0.4) is 0 Å². The Morgan fingerprint density at radius 3 is 2.81 bits per heavy atom. The van der Waals surface area contributed by atoms with Crippen LogP contribution in [0.5, 0.6) is 0 Å². The van der Waals surface area contributed by atoms with Crippen LogP contribution in [0.4, 0.5) is 19.1 Å². The third kappa shape index (κ3) is 4.72. The van der Waals surface area contributed by atoms with Crippen molar-refractivity contribution in [1.29, 1.82) is 0 Å². The molecule has 2 fully saturated rings. The Morgan fingerprint density at radius 1 is 1.31 bits per heavy atom. The van der Waals surface area contributed by atoms with Gasteiger partial charge in [0.05, 0.1) is 12.2 Å². The van der Waals surface area contributed by atoms with Crippen molar-refractivity contribution in [2.45, 2.75) is 51.9 Å². The average Bonchev–Trinajstić information content (AvgIpc) is 3.46. The molecule has 2 aliphatic heterocycles. The first kappa shape index (κ1) is 22.5. The summed E-state index contributed by atoms with van der Waals surface area (Å²) in [4.78, 5) is 18.9. The number of halogens is 3. The number of anilines is 1. The van der Waals surface area contributed by atoms with Gasteiger partial charge < -0.3 is 15.0 Å². The highest BCUT2D eigenvalue weighted by Crippen LogP contribution is 2.39. The molecule has 0 aliphatic carbocycles. The molecule has 2 aliphatic rings. The molecule has 2 saturated heterocycles. The van der Waals surface area contributed by atoms with Gasteiger partial charge in [0.2, 0.25) is 11.8 Å². The molecule has 1 atom stereocenters. The van der Waals surface area contributed by atoms with Crippen LogP contribution in [0.2, 0.25) is 0 Å². The van der Waals surface area contributed by atoms with Gasteiger partial charge in [0.1, 0.15) is 0 Å². The highest BCUT2D eigenvalue weighted by molar-refractivity contribution is 5.91. The fourth-order valence-corrected chi connectivity index (χ4v) is 4.32. The lowest BCUT2D eigenvalue weighted by Gasteiger charge is -2.23. The van der Waals surface area contributed by atoms with Crippen molar-refractivity contribution in [1.82, 2.24) is 25.1 Å². The number of rotatable bonds is 6. The smallest absolute Gasteiger partial charge is 0.381 e. The Labute approximate surface area is 184 Å². The van der Waals surface area contributed by atoms with E-state index in [2.05, 4.69) is 25.4 Å². The molecule has 1 unspecified atom stereocenters. The van der Waals surface area contributed by atoms with Crippen molar-refractivity contribution in [3.63, 3.8) is 0 Å². The summed E-state index contributed by atoms with van der Waals surface area (Å²) in [7, 11) is 0. The lowest BCUT2D eigenvalue weighted by Crippen LogP contribution is -2.34. The third-order valence-electron chi connectivity index (χ3n) is 6.00. The zero-order valence-corrected chi connectivity index (χ0v) is 18.2. The summed E-state index contributed by atoms with van der Waals surface area (Å²) in [5.74, 6) is 0.327. The number of ether oxygens (including phenoxy) is 1. The third-order valence-corrected chi connectivity index (χ3v) is 6.00. The van der Waals surface area contributed by atoms with Crippen LogP contribution < -0.4 is 10.2 Å². The Balaban J connectivity index is 1.59. The van der Waals surface area contributed by atoms with Gasteiger partial charge in [-0.15, -0.1) is 10.2 Å². The van der Waals surface area contributed by atoms with E-state index in [9.17, 15) is 18.0 Å². The normalized spacial score (nSPS) is 21.1. The molecule has 0 saturated carbocycles. The van der Waals surface area contributed by atoms with Crippen molar-refractivity contribution in [3.05, 3.63) is 35.4 Å². The number of hydrogen-bond acceptors (Lipinski definition) is 6. The second-order valence-electron chi connectivity index (χ2n) is 8.86. The zero-order chi connectivity index (χ0) is 22.9. The first-order chi connectivity index (χ1) is 15.2. The minimum Gasteiger partial charge on any atom is -0.381 e. The van der Waals surface area contributed by atoms with Gasteiger partial charge in [0, 0.05) is 56.0 Å². The number of carbonyl (C=O) groups is 1. The monoisotopic (exact) mass is 452 g/mol. The van der Waals surface area contributed by atoms with E-state index in [1.165, 1.54) is 0 Å². The fourth-order valence-electron chi connectivity index (χ4n) is 4.32. The molecule has 174 valence electrons. The largest absolute Gasteiger partial charge is 0.416 e. The second kappa shape index (κ2) is 8.68. The van der Waals surface area contributed by atoms with Crippen LogP contribution in [0.1, 0.15) is 48.6 Å². The van der Waals surface area contributed by atoms with E-state index in [1.54, 1.807) is 4.57 Å². The van der Waals surface area contributed by atoms with Crippen LogP contribution in [0, 0.1) is 5.41 Å². The molecule has 8 nitrogen and oxygen atoms in total. The molecular weight excluding hydrogens is 425 g/mol. The maximum atomic E-state index is 13.1. The summed E-state index contributed by atoms with van der Waals surface area (Å²) in [5.41, 5.74) is -0.372. The SMILES string of the molecule is CC(C)NC(=O)c1nnc(N2CCC3(CCOC3)C2)n1CCc1cc(C(F)(F)F)ccn1. The molecule has 1 N–H and O–H groups in total. The molecule has 2 aromatic rings. The first-order valence-electron chi connectivity index (χ1n) is 10.8. The quantitative estimate of drug-likeness (QED) is 0.726. The zero-order valence-electron chi connectivity index (χ0n) is 18.2. The van der Waals surface area contributed by atoms with Gasteiger partial charge in [-0.1, -0.05) is 0 Å². The average molecular weight is 452 g/mol. The number of alkyl halides is 3. The predicted octanol–water partition coefficient (Wildman–Crippen LogP) is 2.69. The first-order valence-corrected chi connectivity index (χ1v) is 10.8. The predicted molar refractivity (Wildman–Crippen MR) is 110 cm³/mol.